The predicted octanol–water partition coefficient (Wildman–Crippen LogP) is 3.39. The van der Waals surface area contributed by atoms with Crippen molar-refractivity contribution in [1.82, 2.24) is 20.1 Å². The second-order valence-electron chi connectivity index (χ2n) is 7.76. The Hall–Kier alpha value is -3.50. The molecule has 4 N–H and O–H groups in total. The molecule has 0 aliphatic rings. The van der Waals surface area contributed by atoms with Crippen LogP contribution in [-0.4, -0.2) is 53.9 Å². The maximum absolute atomic E-state index is 13.4. The van der Waals surface area contributed by atoms with Crippen molar-refractivity contribution in [3.05, 3.63) is 76.0 Å². The van der Waals surface area contributed by atoms with E-state index in [1.807, 2.05) is 19.0 Å². The van der Waals surface area contributed by atoms with E-state index in [0.29, 0.717) is 36.6 Å². The number of aromatic nitrogens is 1. The minimum atomic E-state index is -0.357. The summed E-state index contributed by atoms with van der Waals surface area (Å²) in [4.78, 5) is 33.1. The van der Waals surface area contributed by atoms with Crippen molar-refractivity contribution < 1.29 is 14.0 Å². The number of thiophene rings is 1. The highest BCUT2D eigenvalue weighted by atomic mass is 32.1. The van der Waals surface area contributed by atoms with Gasteiger partial charge in [0, 0.05) is 43.1 Å². The van der Waals surface area contributed by atoms with E-state index in [0.717, 1.165) is 5.56 Å². The largest absolute Gasteiger partial charge is 0.396 e. The lowest BCUT2D eigenvalue weighted by Crippen LogP contribution is -2.42. The molecule has 174 valence electrons. The topological polar surface area (TPSA) is 104 Å². The Morgan fingerprint density at radius 3 is 2.58 bits per heavy atom. The van der Waals surface area contributed by atoms with Gasteiger partial charge in [0.1, 0.15) is 11.5 Å². The van der Waals surface area contributed by atoms with Crippen molar-refractivity contribution in [2.45, 2.75) is 13.1 Å². The number of benzene rings is 1. The number of hydrogen-bond donors (Lipinski definition) is 3. The Morgan fingerprint density at radius 1 is 1.12 bits per heavy atom. The fourth-order valence-corrected chi connectivity index (χ4v) is 3.65. The van der Waals surface area contributed by atoms with Crippen LogP contribution in [0.5, 0.6) is 0 Å². The van der Waals surface area contributed by atoms with E-state index in [1.54, 1.807) is 46.1 Å². The predicted molar refractivity (Wildman–Crippen MR) is 129 cm³/mol. The van der Waals surface area contributed by atoms with Crippen LogP contribution in [0.25, 0.3) is 0 Å². The molecular weight excluding hydrogens is 443 g/mol. The first-order valence-corrected chi connectivity index (χ1v) is 11.3. The van der Waals surface area contributed by atoms with Crippen LogP contribution in [0.15, 0.2) is 53.4 Å². The van der Waals surface area contributed by atoms with Crippen LogP contribution in [0.1, 0.15) is 21.6 Å². The van der Waals surface area contributed by atoms with Gasteiger partial charge in [0.05, 0.1) is 11.4 Å². The number of urea groups is 1. The molecule has 33 heavy (non-hydrogen) atoms. The van der Waals surface area contributed by atoms with E-state index in [1.165, 1.54) is 23.5 Å². The van der Waals surface area contributed by atoms with E-state index in [4.69, 9.17) is 5.73 Å². The first-order chi connectivity index (χ1) is 15.8. The molecule has 3 rings (SSSR count). The molecule has 0 fully saturated rings. The Balaban J connectivity index is 1.63. The number of rotatable bonds is 9. The summed E-state index contributed by atoms with van der Waals surface area (Å²) in [5.41, 5.74) is 8.57. The van der Waals surface area contributed by atoms with Gasteiger partial charge in [-0.15, -0.1) is 11.3 Å². The molecule has 0 unspecified atom stereocenters. The molecule has 0 atom stereocenters. The van der Waals surface area contributed by atoms with Crippen molar-refractivity contribution in [1.29, 1.82) is 0 Å². The van der Waals surface area contributed by atoms with Crippen LogP contribution in [0, 0.1) is 5.82 Å². The molecule has 3 aromatic rings. The third-order valence-corrected chi connectivity index (χ3v) is 5.57. The first-order valence-electron chi connectivity index (χ1n) is 10.3. The number of nitrogen functional groups attached to an aromatic ring is 1. The quantitative estimate of drug-likeness (QED) is 0.445. The van der Waals surface area contributed by atoms with Gasteiger partial charge in [-0.3, -0.25) is 9.78 Å². The van der Waals surface area contributed by atoms with E-state index in [2.05, 4.69) is 15.6 Å². The second kappa shape index (κ2) is 11.4. The number of halogens is 1. The molecule has 1 aromatic carbocycles. The van der Waals surface area contributed by atoms with Crippen molar-refractivity contribution >= 4 is 34.6 Å². The molecule has 0 radical (unpaired) electrons. The number of carbonyl (C=O) groups excluding carboxylic acids is 2. The molecule has 2 aromatic heterocycles. The van der Waals surface area contributed by atoms with Gasteiger partial charge in [-0.25, -0.2) is 9.18 Å². The minimum Gasteiger partial charge on any atom is -0.396 e. The lowest BCUT2D eigenvalue weighted by molar-refractivity contribution is 0.102. The third kappa shape index (κ3) is 7.26. The zero-order chi connectivity index (χ0) is 23.8. The van der Waals surface area contributed by atoms with Crippen LogP contribution in [0.2, 0.25) is 0 Å². The number of pyridine rings is 1. The van der Waals surface area contributed by atoms with Gasteiger partial charge < -0.3 is 26.2 Å². The van der Waals surface area contributed by atoms with Gasteiger partial charge in [-0.05, 0) is 43.4 Å². The molecule has 0 aliphatic carbocycles. The maximum atomic E-state index is 13.4. The second-order valence-corrected chi connectivity index (χ2v) is 8.50. The Kier molecular flexibility index (Phi) is 8.34. The average Bonchev–Trinajstić information content (AvgIpc) is 3.19. The summed E-state index contributed by atoms with van der Waals surface area (Å²) in [6.07, 6.45) is 1.58. The van der Waals surface area contributed by atoms with Crippen LogP contribution in [-0.2, 0) is 13.1 Å². The summed E-state index contributed by atoms with van der Waals surface area (Å²) in [5, 5.41) is 9.07. The normalized spacial score (nSPS) is 10.8. The highest BCUT2D eigenvalue weighted by Gasteiger charge is 2.16. The Labute approximate surface area is 196 Å². The van der Waals surface area contributed by atoms with Crippen molar-refractivity contribution in [3.8, 4) is 0 Å². The van der Waals surface area contributed by atoms with E-state index < -0.39 is 0 Å². The molecule has 0 bridgehead atoms. The van der Waals surface area contributed by atoms with Gasteiger partial charge in [0.25, 0.3) is 5.91 Å². The van der Waals surface area contributed by atoms with Crippen LogP contribution >= 0.6 is 11.3 Å². The van der Waals surface area contributed by atoms with Crippen molar-refractivity contribution in [2.75, 3.05) is 38.2 Å². The highest BCUT2D eigenvalue weighted by Crippen LogP contribution is 2.23. The number of nitrogens with zero attached hydrogens (tertiary/aromatic N) is 3. The molecule has 0 aliphatic heterocycles. The fourth-order valence-electron chi connectivity index (χ4n) is 2.98. The lowest BCUT2D eigenvalue weighted by atomic mass is 10.2. The zero-order valence-corrected chi connectivity index (χ0v) is 19.4. The fraction of sp³-hybridized carbons (Fsp3) is 0.261. The van der Waals surface area contributed by atoms with Crippen LogP contribution < -0.4 is 16.4 Å². The highest BCUT2D eigenvalue weighted by molar-refractivity contribution is 7.09. The molecule has 0 saturated carbocycles. The summed E-state index contributed by atoms with van der Waals surface area (Å²) in [7, 11) is 3.86. The number of hydrogen-bond acceptors (Lipinski definition) is 6. The van der Waals surface area contributed by atoms with Gasteiger partial charge in [-0.2, -0.15) is 0 Å². The first kappa shape index (κ1) is 24.1. The minimum absolute atomic E-state index is 0.220. The molecule has 3 amide bonds. The Bertz CT molecular complexity index is 1090. The molecule has 10 heteroatoms. The summed E-state index contributed by atoms with van der Waals surface area (Å²) in [6.45, 7) is 1.69. The number of carbonyl (C=O) groups is 2. The maximum Gasteiger partial charge on any atom is 0.318 e. The summed E-state index contributed by atoms with van der Waals surface area (Å²) >= 11 is 1.40. The van der Waals surface area contributed by atoms with Gasteiger partial charge in [-0.1, -0.05) is 18.2 Å². The lowest BCUT2D eigenvalue weighted by Gasteiger charge is -2.25. The van der Waals surface area contributed by atoms with Gasteiger partial charge >= 0.3 is 6.03 Å². The average molecular weight is 471 g/mol. The number of amides is 3. The monoisotopic (exact) mass is 470 g/mol. The summed E-state index contributed by atoms with van der Waals surface area (Å²) < 4.78 is 13.4. The SMILES string of the molecule is CN(C)CCN(Cc1ccc(C(=O)Nc2cscc2N)nc1)C(=O)NCc1cccc(F)c1. The zero-order valence-electron chi connectivity index (χ0n) is 18.5. The molecular formula is C23H27FN6O2S. The van der Waals surface area contributed by atoms with Crippen LogP contribution in [0.3, 0.4) is 0 Å². The number of nitrogens with two attached hydrogens (primary N) is 1. The summed E-state index contributed by atoms with van der Waals surface area (Å²) in [5.74, 6) is -0.702. The number of nitrogens with one attached hydrogen (secondary N) is 2. The van der Waals surface area contributed by atoms with Gasteiger partial charge in [0.15, 0.2) is 0 Å². The van der Waals surface area contributed by atoms with E-state index >= 15 is 0 Å². The number of likely N-dealkylation sites (N-methyl/N-ethyl adjacent to an activating group) is 1. The van der Waals surface area contributed by atoms with Crippen molar-refractivity contribution in [3.63, 3.8) is 0 Å². The molecule has 2 heterocycles. The van der Waals surface area contributed by atoms with Crippen LogP contribution in [0.4, 0.5) is 20.6 Å². The van der Waals surface area contributed by atoms with E-state index in [-0.39, 0.29) is 30.0 Å². The third-order valence-electron chi connectivity index (χ3n) is 4.81. The number of anilines is 2. The van der Waals surface area contributed by atoms with E-state index in [9.17, 15) is 14.0 Å². The standard InChI is InChI=1S/C23H27FN6O2S/c1-29(2)8-9-30(23(32)27-11-16-4-3-5-18(24)10-16)13-17-6-7-20(26-12-17)22(31)28-21-15-33-14-19(21)25/h3-7,10,12,14-15H,8-9,11,13,25H2,1-2H3,(H,27,32)(H,28,31). The van der Waals surface area contributed by atoms with Gasteiger partial charge in [0.2, 0.25) is 0 Å². The van der Waals surface area contributed by atoms with Crippen molar-refractivity contribution in [2.24, 2.45) is 0 Å². The smallest absolute Gasteiger partial charge is 0.318 e. The molecule has 0 saturated heterocycles. The summed E-state index contributed by atoms with van der Waals surface area (Å²) in [6, 6.07) is 9.23. The molecule has 8 nitrogen and oxygen atoms in total. The molecule has 0 spiro atoms. The Morgan fingerprint density at radius 2 is 1.94 bits per heavy atom.